The molecule has 3 N–H and O–H groups in total. The number of aliphatic hydroxyl groups excluding tert-OH is 2. The first-order valence-electron chi connectivity index (χ1n) is 8.37. The summed E-state index contributed by atoms with van der Waals surface area (Å²) >= 11 is 0. The quantitative estimate of drug-likeness (QED) is 0.633. The summed E-state index contributed by atoms with van der Waals surface area (Å²) in [5, 5.41) is 25.9. The van der Waals surface area contributed by atoms with Crippen molar-refractivity contribution in [2.45, 2.75) is 24.5 Å². The van der Waals surface area contributed by atoms with Gasteiger partial charge in [-0.1, -0.05) is 18.2 Å². The number of carbonyl (C=O) groups is 1. The Hall–Kier alpha value is -2.88. The van der Waals surface area contributed by atoms with Crippen molar-refractivity contribution in [2.75, 3.05) is 11.9 Å². The molecule has 3 aromatic rings. The first-order valence-corrected chi connectivity index (χ1v) is 8.37. The zero-order valence-corrected chi connectivity index (χ0v) is 14.1. The molecule has 140 valence electrons. The third-order valence-electron chi connectivity index (χ3n) is 4.54. The van der Waals surface area contributed by atoms with Crippen LogP contribution in [0.25, 0.3) is 5.52 Å². The Morgan fingerprint density at radius 1 is 1.26 bits per heavy atom. The molecule has 4 atom stereocenters. The maximum atomic E-state index is 14.4. The van der Waals surface area contributed by atoms with E-state index in [4.69, 9.17) is 4.74 Å². The van der Waals surface area contributed by atoms with Crippen LogP contribution in [-0.2, 0) is 4.74 Å². The highest BCUT2D eigenvalue weighted by Crippen LogP contribution is 2.36. The van der Waals surface area contributed by atoms with E-state index in [1.807, 2.05) is 6.07 Å². The van der Waals surface area contributed by atoms with E-state index < -0.39 is 31.1 Å². The highest BCUT2D eigenvalue weighted by molar-refractivity contribution is 6.05. The summed E-state index contributed by atoms with van der Waals surface area (Å²) in [5.41, 5.74) is 1.28. The summed E-state index contributed by atoms with van der Waals surface area (Å²) in [7, 11) is 0. The maximum Gasteiger partial charge on any atom is 0.256 e. The van der Waals surface area contributed by atoms with Gasteiger partial charge in [0.1, 0.15) is 30.2 Å². The van der Waals surface area contributed by atoms with Crippen LogP contribution in [0.2, 0.25) is 0 Å². The lowest BCUT2D eigenvalue weighted by atomic mass is 10.1. The van der Waals surface area contributed by atoms with Gasteiger partial charge in [-0.15, -0.1) is 0 Å². The van der Waals surface area contributed by atoms with Crippen LogP contribution < -0.4 is 5.32 Å². The number of ether oxygens (including phenoxy) is 1. The first-order chi connectivity index (χ1) is 13.1. The minimum absolute atomic E-state index is 0.262. The zero-order valence-electron chi connectivity index (χ0n) is 14.1. The second kappa shape index (κ2) is 7.03. The van der Waals surface area contributed by atoms with E-state index in [9.17, 15) is 19.4 Å². The molecule has 4 rings (SSSR count). The minimum atomic E-state index is -1.71. The second-order valence-corrected chi connectivity index (χ2v) is 6.20. The van der Waals surface area contributed by atoms with Crippen molar-refractivity contribution in [1.82, 2.24) is 14.6 Å². The fourth-order valence-electron chi connectivity index (χ4n) is 3.15. The molecule has 1 saturated heterocycles. The number of nitrogens with zero attached hydrogens (tertiary/aromatic N) is 3. The number of aromatic nitrogens is 3. The number of hydrogen-bond acceptors (Lipinski definition) is 6. The van der Waals surface area contributed by atoms with Crippen molar-refractivity contribution in [2.24, 2.45) is 0 Å². The average Bonchev–Trinajstić information content (AvgIpc) is 3.25. The molecule has 0 radical (unpaired) electrons. The van der Waals surface area contributed by atoms with Gasteiger partial charge in [0, 0.05) is 5.56 Å². The van der Waals surface area contributed by atoms with Gasteiger partial charge in [-0.05, 0) is 24.3 Å². The molecule has 1 amide bonds. The molecule has 9 heteroatoms. The van der Waals surface area contributed by atoms with Crippen molar-refractivity contribution in [3.63, 3.8) is 0 Å². The van der Waals surface area contributed by atoms with Gasteiger partial charge in [0.25, 0.3) is 5.91 Å². The Balaban J connectivity index is 1.65. The summed E-state index contributed by atoms with van der Waals surface area (Å²) in [6.45, 7) is -0.491. The number of fused-ring (bicyclic) bond motifs is 1. The Morgan fingerprint density at radius 2 is 2.04 bits per heavy atom. The lowest BCUT2D eigenvalue weighted by Gasteiger charge is -2.13. The van der Waals surface area contributed by atoms with Crippen LogP contribution in [0.4, 0.5) is 10.2 Å². The maximum absolute atomic E-state index is 14.4. The fourth-order valence-corrected chi connectivity index (χ4v) is 3.15. The second-order valence-electron chi connectivity index (χ2n) is 6.20. The summed E-state index contributed by atoms with van der Waals surface area (Å²) in [6.07, 6.45) is -4.00. The molecule has 1 aromatic carbocycles. The topological polar surface area (TPSA) is 109 Å². The third-order valence-corrected chi connectivity index (χ3v) is 4.54. The lowest BCUT2D eigenvalue weighted by Crippen LogP contribution is -2.30. The van der Waals surface area contributed by atoms with Gasteiger partial charge in [0.15, 0.2) is 12.0 Å². The van der Waals surface area contributed by atoms with E-state index in [-0.39, 0.29) is 11.7 Å². The largest absolute Gasteiger partial charge is 0.394 e. The Morgan fingerprint density at radius 3 is 2.74 bits per heavy atom. The average molecular weight is 372 g/mol. The molecule has 3 heterocycles. The molecule has 8 nitrogen and oxygen atoms in total. The predicted molar refractivity (Wildman–Crippen MR) is 93.0 cm³/mol. The van der Waals surface area contributed by atoms with Crippen LogP contribution >= 0.6 is 0 Å². The molecule has 2 aromatic heterocycles. The van der Waals surface area contributed by atoms with Crippen LogP contribution in [0.15, 0.2) is 48.8 Å². The first kappa shape index (κ1) is 17.5. The van der Waals surface area contributed by atoms with Crippen LogP contribution in [0.1, 0.15) is 22.2 Å². The molecule has 27 heavy (non-hydrogen) atoms. The summed E-state index contributed by atoms with van der Waals surface area (Å²) in [5.74, 6) is -0.0760. The van der Waals surface area contributed by atoms with Crippen molar-refractivity contribution < 1.29 is 24.1 Å². The smallest absolute Gasteiger partial charge is 0.256 e. The normalized spacial score (nSPS) is 25.0. The number of rotatable bonds is 4. The van der Waals surface area contributed by atoms with Crippen molar-refractivity contribution >= 4 is 17.2 Å². The van der Waals surface area contributed by atoms with Crippen molar-refractivity contribution in [3.05, 3.63) is 60.0 Å². The Bertz CT molecular complexity index is 964. The summed E-state index contributed by atoms with van der Waals surface area (Å²) in [4.78, 5) is 16.5. The fraction of sp³-hybridized carbons (Fsp3) is 0.278. The number of hydrogen-bond donors (Lipinski definition) is 3. The number of alkyl halides is 1. The van der Waals surface area contributed by atoms with Crippen LogP contribution in [-0.4, -0.2) is 55.7 Å². The van der Waals surface area contributed by atoms with Crippen LogP contribution in [0.3, 0.4) is 0 Å². The van der Waals surface area contributed by atoms with Gasteiger partial charge in [-0.25, -0.2) is 13.9 Å². The zero-order chi connectivity index (χ0) is 19.0. The van der Waals surface area contributed by atoms with Gasteiger partial charge < -0.3 is 20.3 Å². The number of nitrogens with one attached hydrogen (secondary N) is 1. The number of carbonyl (C=O) groups excluding carboxylic acids is 1. The van der Waals surface area contributed by atoms with Crippen LogP contribution in [0, 0.1) is 0 Å². The summed E-state index contributed by atoms with van der Waals surface area (Å²) < 4.78 is 21.3. The van der Waals surface area contributed by atoms with Crippen LogP contribution in [0.5, 0.6) is 0 Å². The Labute approximate surface area is 153 Å². The standard InChI is InChI=1S/C18H17FN4O4/c19-14-15(25)13(8-24)27-16(14)11-6-7-12-17(20-9-21-23(11)12)22-18(26)10-4-2-1-3-5-10/h1-7,9,13-16,24-25H,8H2,(H,20,21,22,26)/t13-,14-,15-,16+/m1/s1. The van der Waals surface area contributed by atoms with E-state index >= 15 is 0 Å². The molecule has 0 spiro atoms. The lowest BCUT2D eigenvalue weighted by molar-refractivity contribution is -0.0241. The summed E-state index contributed by atoms with van der Waals surface area (Å²) in [6, 6.07) is 11.9. The number of benzene rings is 1. The van der Waals surface area contributed by atoms with E-state index in [1.54, 1.807) is 36.4 Å². The minimum Gasteiger partial charge on any atom is -0.394 e. The highest BCUT2D eigenvalue weighted by Gasteiger charge is 2.45. The molecule has 0 aliphatic carbocycles. The molecule has 1 aliphatic rings. The van der Waals surface area contributed by atoms with E-state index in [0.29, 0.717) is 16.8 Å². The van der Waals surface area contributed by atoms with Gasteiger partial charge >= 0.3 is 0 Å². The SMILES string of the molecule is O=C(Nc1ncnn2c([C@@H]3O[C@H](CO)[C@@H](O)[C@H]3F)ccc12)c1ccccc1. The van der Waals surface area contributed by atoms with E-state index in [2.05, 4.69) is 15.4 Å². The molecule has 1 fully saturated rings. The van der Waals surface area contributed by atoms with Gasteiger partial charge in [-0.2, -0.15) is 5.10 Å². The number of amides is 1. The molecule has 0 bridgehead atoms. The van der Waals surface area contributed by atoms with Crippen molar-refractivity contribution in [3.8, 4) is 0 Å². The third kappa shape index (κ3) is 3.05. The van der Waals surface area contributed by atoms with Gasteiger partial charge in [-0.3, -0.25) is 4.79 Å². The molecule has 0 unspecified atom stereocenters. The van der Waals surface area contributed by atoms with Crippen molar-refractivity contribution in [1.29, 1.82) is 0 Å². The number of anilines is 1. The van der Waals surface area contributed by atoms with Gasteiger partial charge in [0.2, 0.25) is 0 Å². The molecular weight excluding hydrogens is 355 g/mol. The monoisotopic (exact) mass is 372 g/mol. The molecule has 0 saturated carbocycles. The van der Waals surface area contributed by atoms with Gasteiger partial charge in [0.05, 0.1) is 12.3 Å². The highest BCUT2D eigenvalue weighted by atomic mass is 19.1. The number of aliphatic hydroxyl groups is 2. The van der Waals surface area contributed by atoms with E-state index in [0.717, 1.165) is 0 Å². The number of halogens is 1. The molecular formula is C18H17FN4O4. The Kier molecular flexibility index (Phi) is 4.56. The van der Waals surface area contributed by atoms with E-state index in [1.165, 1.54) is 10.8 Å². The predicted octanol–water partition coefficient (Wildman–Crippen LogP) is 1.11. The molecule has 1 aliphatic heterocycles.